The molecule has 0 saturated heterocycles. The molecule has 0 saturated carbocycles. The first-order chi connectivity index (χ1) is 13.6. The second kappa shape index (κ2) is 6.71. The number of fused-ring (bicyclic) bond motifs is 3. The van der Waals surface area contributed by atoms with Crippen LogP contribution < -0.4 is 9.47 Å². The number of hydrogen-bond donors (Lipinski definition) is 0. The molecule has 3 aromatic rings. The van der Waals surface area contributed by atoms with Crippen molar-refractivity contribution in [2.45, 2.75) is 25.6 Å². The van der Waals surface area contributed by atoms with E-state index < -0.39 is 0 Å². The lowest BCUT2D eigenvalue weighted by Crippen LogP contribution is -2.33. The van der Waals surface area contributed by atoms with Gasteiger partial charge in [0, 0.05) is 22.0 Å². The summed E-state index contributed by atoms with van der Waals surface area (Å²) in [5, 5.41) is 6.95. The molecule has 6 heteroatoms. The van der Waals surface area contributed by atoms with Crippen LogP contribution in [0.15, 0.2) is 68.6 Å². The Morgan fingerprint density at radius 2 is 1.93 bits per heavy atom. The summed E-state index contributed by atoms with van der Waals surface area (Å²) in [7, 11) is 1.67. The highest BCUT2D eigenvalue weighted by Gasteiger charge is 2.41. The topological polar surface area (TPSA) is 47.2 Å². The minimum absolute atomic E-state index is 0.0914. The van der Waals surface area contributed by atoms with Gasteiger partial charge in [-0.2, -0.15) is 5.10 Å². The molecular formula is C22H19BrN2O3. The van der Waals surface area contributed by atoms with E-state index in [2.05, 4.69) is 22.0 Å². The van der Waals surface area contributed by atoms with Gasteiger partial charge in [0.1, 0.15) is 28.7 Å². The summed E-state index contributed by atoms with van der Waals surface area (Å²) < 4.78 is 18.5. The second-order valence-electron chi connectivity index (χ2n) is 6.98. The van der Waals surface area contributed by atoms with Gasteiger partial charge in [0.05, 0.1) is 13.2 Å². The molecule has 0 amide bonds. The van der Waals surface area contributed by atoms with Crippen molar-refractivity contribution in [2.24, 2.45) is 5.10 Å². The molecule has 0 unspecified atom stereocenters. The van der Waals surface area contributed by atoms with Crippen molar-refractivity contribution in [1.29, 1.82) is 0 Å². The molecule has 3 heterocycles. The van der Waals surface area contributed by atoms with E-state index in [0.717, 1.165) is 50.8 Å². The number of aryl methyl sites for hydroxylation is 1. The van der Waals surface area contributed by atoms with E-state index in [4.69, 9.17) is 19.0 Å². The van der Waals surface area contributed by atoms with Gasteiger partial charge < -0.3 is 13.9 Å². The molecule has 0 aliphatic carbocycles. The quantitative estimate of drug-likeness (QED) is 0.533. The van der Waals surface area contributed by atoms with Crippen LogP contribution in [0, 0.1) is 6.92 Å². The molecule has 2 aliphatic rings. The number of ether oxygens (including phenoxy) is 2. The lowest BCUT2D eigenvalue weighted by atomic mass is 9.97. The minimum Gasteiger partial charge on any atom is -0.497 e. The molecule has 28 heavy (non-hydrogen) atoms. The zero-order valence-electron chi connectivity index (χ0n) is 15.6. The van der Waals surface area contributed by atoms with Crippen LogP contribution in [0.1, 0.15) is 41.3 Å². The summed E-state index contributed by atoms with van der Waals surface area (Å²) in [6.07, 6.45) is 0.463. The Balaban J connectivity index is 1.58. The number of halogens is 1. The fourth-order valence-corrected chi connectivity index (χ4v) is 4.16. The molecule has 2 atom stereocenters. The number of hydrogen-bond acceptors (Lipinski definition) is 5. The van der Waals surface area contributed by atoms with Crippen LogP contribution in [0.25, 0.3) is 0 Å². The van der Waals surface area contributed by atoms with E-state index in [1.54, 1.807) is 7.11 Å². The van der Waals surface area contributed by atoms with Gasteiger partial charge in [-0.15, -0.1) is 0 Å². The first kappa shape index (κ1) is 17.4. The fourth-order valence-electron chi connectivity index (χ4n) is 3.79. The van der Waals surface area contributed by atoms with E-state index in [0.29, 0.717) is 0 Å². The molecular weight excluding hydrogens is 420 g/mol. The van der Waals surface area contributed by atoms with Crippen LogP contribution in [0.3, 0.4) is 0 Å². The third-order valence-electron chi connectivity index (χ3n) is 5.18. The Hall–Kier alpha value is -2.73. The number of nitrogens with zero attached hydrogens (tertiary/aromatic N) is 2. The van der Waals surface area contributed by atoms with Gasteiger partial charge in [-0.05, 0) is 61.5 Å². The minimum atomic E-state index is -0.307. The number of hydrazone groups is 1. The van der Waals surface area contributed by atoms with Crippen molar-refractivity contribution < 1.29 is 13.9 Å². The molecule has 2 aromatic carbocycles. The van der Waals surface area contributed by atoms with Crippen molar-refractivity contribution in [3.8, 4) is 11.5 Å². The Morgan fingerprint density at radius 3 is 2.64 bits per heavy atom. The maximum Gasteiger partial charge on any atom is 0.213 e. The number of benzene rings is 2. The molecule has 2 aliphatic heterocycles. The lowest BCUT2D eigenvalue weighted by molar-refractivity contribution is -0.0191. The molecule has 0 bridgehead atoms. The van der Waals surface area contributed by atoms with Crippen LogP contribution in [0.5, 0.6) is 11.5 Å². The van der Waals surface area contributed by atoms with Gasteiger partial charge in [0.15, 0.2) is 0 Å². The number of methoxy groups -OCH3 is 1. The van der Waals surface area contributed by atoms with Crippen LogP contribution in [-0.4, -0.2) is 17.8 Å². The summed E-state index contributed by atoms with van der Waals surface area (Å²) in [6, 6.07) is 18.1. The van der Waals surface area contributed by atoms with Crippen LogP contribution in [0.4, 0.5) is 0 Å². The first-order valence-electron chi connectivity index (χ1n) is 9.15. The van der Waals surface area contributed by atoms with Gasteiger partial charge in [-0.25, -0.2) is 5.01 Å². The zero-order valence-corrected chi connectivity index (χ0v) is 17.1. The maximum absolute atomic E-state index is 6.38. The summed E-state index contributed by atoms with van der Waals surface area (Å²) in [4.78, 5) is 0. The van der Waals surface area contributed by atoms with E-state index in [1.165, 1.54) is 0 Å². The highest BCUT2D eigenvalue weighted by Crippen LogP contribution is 2.48. The van der Waals surface area contributed by atoms with Gasteiger partial charge in [0.2, 0.25) is 6.23 Å². The second-order valence-corrected chi connectivity index (χ2v) is 7.90. The predicted octanol–water partition coefficient (Wildman–Crippen LogP) is 5.60. The van der Waals surface area contributed by atoms with E-state index in [9.17, 15) is 0 Å². The SMILES string of the molecule is COc1ccc([C@H]2Oc3ccc(Br)cc3[C@H]3CC(c4ccc(C)o4)=NN32)cc1. The average molecular weight is 439 g/mol. The molecule has 5 rings (SSSR count). The van der Waals surface area contributed by atoms with Gasteiger partial charge in [0.25, 0.3) is 0 Å². The van der Waals surface area contributed by atoms with Crippen molar-refractivity contribution in [2.75, 3.05) is 7.11 Å². The third-order valence-corrected chi connectivity index (χ3v) is 5.67. The van der Waals surface area contributed by atoms with Gasteiger partial charge >= 0.3 is 0 Å². The summed E-state index contributed by atoms with van der Waals surface area (Å²) in [5.74, 6) is 3.40. The zero-order chi connectivity index (χ0) is 19.3. The van der Waals surface area contributed by atoms with Crippen LogP contribution in [-0.2, 0) is 0 Å². The summed E-state index contributed by atoms with van der Waals surface area (Å²) in [5.41, 5.74) is 3.09. The summed E-state index contributed by atoms with van der Waals surface area (Å²) >= 11 is 3.58. The largest absolute Gasteiger partial charge is 0.497 e. The Bertz CT molecular complexity index is 1060. The lowest BCUT2D eigenvalue weighted by Gasteiger charge is -2.38. The van der Waals surface area contributed by atoms with Crippen molar-refractivity contribution in [3.63, 3.8) is 0 Å². The molecule has 0 fully saturated rings. The van der Waals surface area contributed by atoms with Crippen molar-refractivity contribution in [1.82, 2.24) is 5.01 Å². The molecule has 5 nitrogen and oxygen atoms in total. The van der Waals surface area contributed by atoms with Crippen LogP contribution >= 0.6 is 15.9 Å². The fraction of sp³-hybridized carbons (Fsp3) is 0.227. The van der Waals surface area contributed by atoms with E-state index >= 15 is 0 Å². The molecule has 1 aromatic heterocycles. The number of rotatable bonds is 3. The molecule has 0 spiro atoms. The molecule has 142 valence electrons. The van der Waals surface area contributed by atoms with Crippen molar-refractivity contribution in [3.05, 3.63) is 81.7 Å². The molecule has 0 N–H and O–H groups in total. The standard InChI is InChI=1S/C22H19BrN2O3/c1-13-3-9-21(27-13)18-12-19-17-11-15(23)6-10-20(17)28-22(25(19)24-18)14-4-7-16(26-2)8-5-14/h3-11,19,22H,12H2,1-2H3/t19-,22-/m1/s1. The predicted molar refractivity (Wildman–Crippen MR) is 110 cm³/mol. The summed E-state index contributed by atoms with van der Waals surface area (Å²) in [6.45, 7) is 1.95. The van der Waals surface area contributed by atoms with Gasteiger partial charge in [-0.1, -0.05) is 15.9 Å². The average Bonchev–Trinajstić information content (AvgIpc) is 3.34. The highest BCUT2D eigenvalue weighted by molar-refractivity contribution is 9.10. The Morgan fingerprint density at radius 1 is 1.11 bits per heavy atom. The highest BCUT2D eigenvalue weighted by atomic mass is 79.9. The normalized spacial score (nSPS) is 20.2. The van der Waals surface area contributed by atoms with E-state index in [1.807, 2.05) is 60.5 Å². The third kappa shape index (κ3) is 2.88. The number of furan rings is 1. The monoisotopic (exact) mass is 438 g/mol. The van der Waals surface area contributed by atoms with Gasteiger partial charge in [-0.3, -0.25) is 0 Å². The Labute approximate surface area is 171 Å². The van der Waals surface area contributed by atoms with E-state index in [-0.39, 0.29) is 12.3 Å². The molecule has 0 radical (unpaired) electrons. The van der Waals surface area contributed by atoms with Crippen LogP contribution in [0.2, 0.25) is 0 Å². The Kier molecular flexibility index (Phi) is 4.16. The first-order valence-corrected chi connectivity index (χ1v) is 9.94. The van der Waals surface area contributed by atoms with Crippen molar-refractivity contribution >= 4 is 21.6 Å². The maximum atomic E-state index is 6.38. The smallest absolute Gasteiger partial charge is 0.213 e.